The van der Waals surface area contributed by atoms with Gasteiger partial charge in [0.15, 0.2) is 0 Å². The third-order valence-electron chi connectivity index (χ3n) is 3.57. The van der Waals surface area contributed by atoms with E-state index < -0.39 is 18.4 Å². The smallest absolute Gasteiger partial charge is 0.385 e. The number of hydrogen-bond acceptors (Lipinski definition) is 2. The first-order valence-corrected chi connectivity index (χ1v) is 6.71. The zero-order chi connectivity index (χ0) is 14.6. The summed E-state index contributed by atoms with van der Waals surface area (Å²) in [5.74, 6) is 0.516. The quantitative estimate of drug-likeness (QED) is 0.810. The van der Waals surface area contributed by atoms with Crippen LogP contribution < -0.4 is 10.6 Å². The molecule has 1 atom stereocenters. The summed E-state index contributed by atoms with van der Waals surface area (Å²) in [5.41, 5.74) is -0.722. The molecule has 0 spiro atoms. The summed E-state index contributed by atoms with van der Waals surface area (Å²) in [5, 5.41) is 6.05. The summed E-state index contributed by atoms with van der Waals surface area (Å²) in [6, 6.07) is 3.57. The molecule has 2 nitrogen and oxygen atoms in total. The Bertz CT molecular complexity index is 439. The fourth-order valence-electron chi connectivity index (χ4n) is 2.44. The molecule has 1 fully saturated rings. The lowest BCUT2D eigenvalue weighted by Gasteiger charge is -2.16. The Morgan fingerprint density at radius 3 is 2.70 bits per heavy atom. The summed E-state index contributed by atoms with van der Waals surface area (Å²) >= 11 is 0. The molecule has 0 saturated carbocycles. The summed E-state index contributed by atoms with van der Waals surface area (Å²) in [4.78, 5) is 0. The van der Waals surface area contributed by atoms with Crippen LogP contribution in [-0.2, 0) is 12.9 Å². The summed E-state index contributed by atoms with van der Waals surface area (Å²) in [6.07, 6.45) is -2.58. The molecule has 0 aromatic heterocycles. The Kier molecular flexibility index (Phi) is 4.86. The minimum Gasteiger partial charge on any atom is -0.385 e. The second-order valence-corrected chi connectivity index (χ2v) is 5.09. The first-order chi connectivity index (χ1) is 9.50. The van der Waals surface area contributed by atoms with Gasteiger partial charge < -0.3 is 10.6 Å². The molecule has 1 aliphatic heterocycles. The van der Waals surface area contributed by atoms with Crippen molar-refractivity contribution in [1.29, 1.82) is 0 Å². The van der Waals surface area contributed by atoms with E-state index in [1.165, 1.54) is 12.1 Å². The molecule has 112 valence electrons. The number of benzene rings is 1. The van der Waals surface area contributed by atoms with Crippen LogP contribution in [0, 0.1) is 5.92 Å². The normalized spacial score (nSPS) is 19.3. The predicted octanol–water partition coefficient (Wildman–Crippen LogP) is 3.59. The summed E-state index contributed by atoms with van der Waals surface area (Å²) < 4.78 is 51.2. The van der Waals surface area contributed by atoms with E-state index >= 15 is 0 Å². The highest BCUT2D eigenvalue weighted by Gasteiger charge is 2.33. The molecule has 2 N–H and O–H groups in total. The molecule has 1 aromatic rings. The van der Waals surface area contributed by atoms with Crippen molar-refractivity contribution < 1.29 is 17.6 Å². The highest BCUT2D eigenvalue weighted by Crippen LogP contribution is 2.35. The molecule has 6 heteroatoms. The van der Waals surface area contributed by atoms with Gasteiger partial charge in [-0.15, -0.1) is 0 Å². The number of alkyl halides is 4. The standard InChI is InChI=1S/C14H18F4N2/c15-8-11-1-2-13(12(7-11)14(16,17)18)20-6-4-10-3-5-19-9-10/h1-2,7,10,19-20H,3-6,8-9H2. The van der Waals surface area contributed by atoms with E-state index in [2.05, 4.69) is 10.6 Å². The van der Waals surface area contributed by atoms with Gasteiger partial charge in [-0.25, -0.2) is 4.39 Å². The van der Waals surface area contributed by atoms with Gasteiger partial charge >= 0.3 is 6.18 Å². The topological polar surface area (TPSA) is 24.1 Å². The third kappa shape index (κ3) is 3.85. The maximum Gasteiger partial charge on any atom is 0.418 e. The molecule has 1 unspecified atom stereocenters. The Labute approximate surface area is 115 Å². The lowest BCUT2D eigenvalue weighted by Crippen LogP contribution is -2.15. The molecule has 2 rings (SSSR count). The van der Waals surface area contributed by atoms with E-state index in [9.17, 15) is 17.6 Å². The van der Waals surface area contributed by atoms with Gasteiger partial charge in [-0.1, -0.05) is 6.07 Å². The fraction of sp³-hybridized carbons (Fsp3) is 0.571. The average molecular weight is 290 g/mol. The van der Waals surface area contributed by atoms with Crippen LogP contribution in [0.25, 0.3) is 0 Å². The fourth-order valence-corrected chi connectivity index (χ4v) is 2.44. The van der Waals surface area contributed by atoms with Gasteiger partial charge in [-0.05, 0) is 49.5 Å². The molecule has 1 heterocycles. The maximum atomic E-state index is 12.9. The molecule has 1 saturated heterocycles. The van der Waals surface area contributed by atoms with E-state index in [0.717, 1.165) is 32.0 Å². The molecular weight excluding hydrogens is 272 g/mol. The lowest BCUT2D eigenvalue weighted by molar-refractivity contribution is -0.137. The van der Waals surface area contributed by atoms with Gasteiger partial charge in [-0.3, -0.25) is 0 Å². The van der Waals surface area contributed by atoms with Crippen LogP contribution in [0.15, 0.2) is 18.2 Å². The van der Waals surface area contributed by atoms with E-state index in [1.807, 2.05) is 0 Å². The Morgan fingerprint density at radius 2 is 2.10 bits per heavy atom. The van der Waals surface area contributed by atoms with E-state index in [4.69, 9.17) is 0 Å². The molecule has 0 bridgehead atoms. The molecule has 0 amide bonds. The zero-order valence-corrected chi connectivity index (χ0v) is 11.1. The SMILES string of the molecule is FCc1ccc(NCCC2CCNC2)c(C(F)(F)F)c1. The predicted molar refractivity (Wildman–Crippen MR) is 70.3 cm³/mol. The van der Waals surface area contributed by atoms with Crippen molar-refractivity contribution in [3.8, 4) is 0 Å². The van der Waals surface area contributed by atoms with E-state index in [-0.39, 0.29) is 11.3 Å². The molecule has 0 aliphatic carbocycles. The number of anilines is 1. The van der Waals surface area contributed by atoms with Crippen LogP contribution in [0.3, 0.4) is 0 Å². The van der Waals surface area contributed by atoms with Crippen molar-refractivity contribution in [3.63, 3.8) is 0 Å². The summed E-state index contributed by atoms with van der Waals surface area (Å²) in [7, 11) is 0. The minimum absolute atomic E-state index is 0.0284. The number of nitrogens with one attached hydrogen (secondary N) is 2. The van der Waals surface area contributed by atoms with Crippen molar-refractivity contribution in [2.75, 3.05) is 25.0 Å². The van der Waals surface area contributed by atoms with Crippen molar-refractivity contribution in [1.82, 2.24) is 5.32 Å². The van der Waals surface area contributed by atoms with Gasteiger partial charge in [-0.2, -0.15) is 13.2 Å². The second-order valence-electron chi connectivity index (χ2n) is 5.09. The van der Waals surface area contributed by atoms with Gasteiger partial charge in [0.2, 0.25) is 0 Å². The first-order valence-electron chi connectivity index (χ1n) is 6.71. The summed E-state index contributed by atoms with van der Waals surface area (Å²) in [6.45, 7) is 1.50. The van der Waals surface area contributed by atoms with Crippen LogP contribution in [-0.4, -0.2) is 19.6 Å². The van der Waals surface area contributed by atoms with Gasteiger partial charge in [0.25, 0.3) is 0 Å². The van der Waals surface area contributed by atoms with Crippen LogP contribution in [0.5, 0.6) is 0 Å². The van der Waals surface area contributed by atoms with Gasteiger partial charge in [0.05, 0.1) is 5.56 Å². The largest absolute Gasteiger partial charge is 0.418 e. The lowest BCUT2D eigenvalue weighted by atomic mass is 10.0. The molecule has 0 radical (unpaired) electrons. The average Bonchev–Trinajstić information content (AvgIpc) is 2.91. The molecule has 1 aromatic carbocycles. The van der Waals surface area contributed by atoms with Crippen molar-refractivity contribution in [2.45, 2.75) is 25.7 Å². The minimum atomic E-state index is -4.47. The maximum absolute atomic E-state index is 12.9. The number of halogens is 4. The molecular formula is C14H18F4N2. The highest BCUT2D eigenvalue weighted by molar-refractivity contribution is 5.54. The van der Waals surface area contributed by atoms with Crippen LogP contribution >= 0.6 is 0 Å². The number of rotatable bonds is 5. The third-order valence-corrected chi connectivity index (χ3v) is 3.57. The van der Waals surface area contributed by atoms with Crippen LogP contribution in [0.2, 0.25) is 0 Å². The molecule has 20 heavy (non-hydrogen) atoms. The van der Waals surface area contributed by atoms with E-state index in [0.29, 0.717) is 12.5 Å². The van der Waals surface area contributed by atoms with Gasteiger partial charge in [0, 0.05) is 12.2 Å². The second kappa shape index (κ2) is 6.43. The molecule has 1 aliphatic rings. The van der Waals surface area contributed by atoms with Crippen LogP contribution in [0.1, 0.15) is 24.0 Å². The monoisotopic (exact) mass is 290 g/mol. The zero-order valence-electron chi connectivity index (χ0n) is 11.1. The van der Waals surface area contributed by atoms with Crippen molar-refractivity contribution >= 4 is 5.69 Å². The Hall–Kier alpha value is -1.30. The highest BCUT2D eigenvalue weighted by atomic mass is 19.4. The Morgan fingerprint density at radius 1 is 1.30 bits per heavy atom. The van der Waals surface area contributed by atoms with Crippen molar-refractivity contribution in [3.05, 3.63) is 29.3 Å². The van der Waals surface area contributed by atoms with E-state index in [1.54, 1.807) is 0 Å². The van der Waals surface area contributed by atoms with Gasteiger partial charge in [0.1, 0.15) is 6.67 Å². The number of hydrogen-bond donors (Lipinski definition) is 2. The van der Waals surface area contributed by atoms with Crippen LogP contribution in [0.4, 0.5) is 23.2 Å². The van der Waals surface area contributed by atoms with Crippen molar-refractivity contribution in [2.24, 2.45) is 5.92 Å². The Balaban J connectivity index is 2.02. The first kappa shape index (κ1) is 15.1.